The Morgan fingerprint density at radius 2 is 2.36 bits per heavy atom. The molecule has 1 nitrogen and oxygen atoms in total. The fourth-order valence-electron chi connectivity index (χ4n) is 1.24. The first-order valence-corrected chi connectivity index (χ1v) is 3.77. The van der Waals surface area contributed by atoms with Crippen LogP contribution in [0.25, 0.3) is 12.2 Å². The minimum absolute atomic E-state index is 0.983. The third-order valence-electron chi connectivity index (χ3n) is 1.84. The SMILES string of the molecule is CC1=Cc2occc2C=CC1. The standard InChI is InChI=1S/C10H10O/c1-8-3-2-4-9-5-6-11-10(9)7-8/h2,4-7H,3H2,1H3. The zero-order chi connectivity index (χ0) is 7.68. The predicted molar refractivity (Wildman–Crippen MR) is 46.0 cm³/mol. The molecule has 1 heterocycles. The average Bonchev–Trinajstić information content (AvgIpc) is 2.31. The van der Waals surface area contributed by atoms with Crippen molar-refractivity contribution in [1.29, 1.82) is 0 Å². The lowest BCUT2D eigenvalue weighted by Crippen LogP contribution is -1.70. The summed E-state index contributed by atoms with van der Waals surface area (Å²) < 4.78 is 5.28. The van der Waals surface area contributed by atoms with Crippen molar-refractivity contribution < 1.29 is 4.42 Å². The summed E-state index contributed by atoms with van der Waals surface area (Å²) in [6.45, 7) is 2.11. The summed E-state index contributed by atoms with van der Waals surface area (Å²) in [5, 5.41) is 0. The lowest BCUT2D eigenvalue weighted by atomic mass is 10.2. The first-order valence-electron chi connectivity index (χ1n) is 3.77. The highest BCUT2D eigenvalue weighted by atomic mass is 16.3. The molecule has 0 aromatic carbocycles. The minimum atomic E-state index is 0.983. The van der Waals surface area contributed by atoms with Crippen LogP contribution >= 0.6 is 0 Å². The molecule has 11 heavy (non-hydrogen) atoms. The highest BCUT2D eigenvalue weighted by Crippen LogP contribution is 2.21. The summed E-state index contributed by atoms with van der Waals surface area (Å²) in [6.07, 6.45) is 9.11. The van der Waals surface area contributed by atoms with E-state index in [-0.39, 0.29) is 0 Å². The third kappa shape index (κ3) is 1.14. The molecule has 2 rings (SSSR count). The minimum Gasteiger partial charge on any atom is -0.464 e. The number of rotatable bonds is 0. The Hall–Kier alpha value is -1.24. The first kappa shape index (κ1) is 6.47. The molecular formula is C10H10O. The molecule has 0 saturated carbocycles. The molecule has 1 aromatic rings. The van der Waals surface area contributed by atoms with Crippen LogP contribution in [0.1, 0.15) is 24.7 Å². The molecule has 0 atom stereocenters. The van der Waals surface area contributed by atoms with Gasteiger partial charge in [0.2, 0.25) is 0 Å². The van der Waals surface area contributed by atoms with Crippen molar-refractivity contribution in [2.75, 3.05) is 0 Å². The van der Waals surface area contributed by atoms with Gasteiger partial charge in [-0.25, -0.2) is 0 Å². The molecule has 0 spiro atoms. The van der Waals surface area contributed by atoms with Crippen molar-refractivity contribution in [3.63, 3.8) is 0 Å². The molecule has 0 N–H and O–H groups in total. The van der Waals surface area contributed by atoms with Gasteiger partial charge in [0.05, 0.1) is 6.26 Å². The molecule has 0 fully saturated rings. The normalized spacial score (nSPS) is 15.5. The second-order valence-corrected chi connectivity index (χ2v) is 2.84. The van der Waals surface area contributed by atoms with Gasteiger partial charge in [-0.05, 0) is 25.5 Å². The van der Waals surface area contributed by atoms with Crippen molar-refractivity contribution in [3.8, 4) is 0 Å². The van der Waals surface area contributed by atoms with E-state index in [0.29, 0.717) is 0 Å². The lowest BCUT2D eigenvalue weighted by molar-refractivity contribution is 0.556. The fourth-order valence-corrected chi connectivity index (χ4v) is 1.24. The number of allylic oxidation sites excluding steroid dienone is 2. The van der Waals surface area contributed by atoms with Gasteiger partial charge in [0, 0.05) is 5.56 Å². The molecule has 0 radical (unpaired) electrons. The highest BCUT2D eigenvalue weighted by Gasteiger charge is 2.02. The van der Waals surface area contributed by atoms with Crippen LogP contribution in [-0.2, 0) is 0 Å². The van der Waals surface area contributed by atoms with Crippen molar-refractivity contribution in [2.45, 2.75) is 13.3 Å². The summed E-state index contributed by atoms with van der Waals surface area (Å²) in [6, 6.07) is 1.99. The summed E-state index contributed by atoms with van der Waals surface area (Å²) in [5.41, 5.74) is 2.52. The van der Waals surface area contributed by atoms with Gasteiger partial charge in [0.15, 0.2) is 0 Å². The smallest absolute Gasteiger partial charge is 0.133 e. The number of fused-ring (bicyclic) bond motifs is 1. The Bertz CT molecular complexity index is 315. The average molecular weight is 146 g/mol. The highest BCUT2D eigenvalue weighted by molar-refractivity contribution is 5.65. The number of furan rings is 1. The molecule has 0 bridgehead atoms. The van der Waals surface area contributed by atoms with Crippen LogP contribution in [0.3, 0.4) is 0 Å². The molecular weight excluding hydrogens is 136 g/mol. The predicted octanol–water partition coefficient (Wildman–Crippen LogP) is 3.10. The van der Waals surface area contributed by atoms with E-state index < -0.39 is 0 Å². The van der Waals surface area contributed by atoms with E-state index in [0.717, 1.165) is 12.2 Å². The second-order valence-electron chi connectivity index (χ2n) is 2.84. The van der Waals surface area contributed by atoms with Crippen LogP contribution in [0.4, 0.5) is 0 Å². The van der Waals surface area contributed by atoms with E-state index in [4.69, 9.17) is 4.42 Å². The van der Waals surface area contributed by atoms with Crippen LogP contribution in [-0.4, -0.2) is 0 Å². The topological polar surface area (TPSA) is 13.1 Å². The lowest BCUT2D eigenvalue weighted by Gasteiger charge is -1.89. The van der Waals surface area contributed by atoms with Crippen LogP contribution in [0.2, 0.25) is 0 Å². The van der Waals surface area contributed by atoms with Gasteiger partial charge in [0.1, 0.15) is 5.76 Å². The molecule has 0 amide bonds. The van der Waals surface area contributed by atoms with Gasteiger partial charge in [0.25, 0.3) is 0 Å². The van der Waals surface area contributed by atoms with Crippen LogP contribution in [0, 0.1) is 0 Å². The monoisotopic (exact) mass is 146 g/mol. The summed E-state index contributed by atoms with van der Waals surface area (Å²) in [7, 11) is 0. The zero-order valence-corrected chi connectivity index (χ0v) is 6.50. The Morgan fingerprint density at radius 3 is 3.27 bits per heavy atom. The van der Waals surface area contributed by atoms with Crippen molar-refractivity contribution in [3.05, 3.63) is 35.3 Å². The molecule has 1 heteroatoms. The molecule has 56 valence electrons. The van der Waals surface area contributed by atoms with Crippen molar-refractivity contribution in [2.24, 2.45) is 0 Å². The second kappa shape index (κ2) is 2.42. The molecule has 0 unspecified atom stereocenters. The maximum atomic E-state index is 5.28. The Morgan fingerprint density at radius 1 is 1.45 bits per heavy atom. The van der Waals surface area contributed by atoms with Gasteiger partial charge in [-0.2, -0.15) is 0 Å². The molecule has 1 aliphatic rings. The quantitative estimate of drug-likeness (QED) is 0.548. The largest absolute Gasteiger partial charge is 0.464 e. The van der Waals surface area contributed by atoms with Crippen LogP contribution < -0.4 is 0 Å². The zero-order valence-electron chi connectivity index (χ0n) is 6.50. The number of hydrogen-bond donors (Lipinski definition) is 0. The van der Waals surface area contributed by atoms with E-state index >= 15 is 0 Å². The van der Waals surface area contributed by atoms with E-state index in [2.05, 4.69) is 25.2 Å². The Labute approximate surface area is 66.0 Å². The third-order valence-corrected chi connectivity index (χ3v) is 1.84. The molecule has 0 aliphatic heterocycles. The fraction of sp³-hybridized carbons (Fsp3) is 0.200. The van der Waals surface area contributed by atoms with Crippen molar-refractivity contribution >= 4 is 12.2 Å². The Balaban J connectivity index is 2.55. The summed E-state index contributed by atoms with van der Waals surface area (Å²) >= 11 is 0. The van der Waals surface area contributed by atoms with Gasteiger partial charge in [-0.15, -0.1) is 0 Å². The van der Waals surface area contributed by atoms with Gasteiger partial charge in [-0.3, -0.25) is 0 Å². The summed E-state index contributed by atoms with van der Waals surface area (Å²) in [5.74, 6) is 0.983. The first-order chi connectivity index (χ1) is 5.36. The van der Waals surface area contributed by atoms with Crippen LogP contribution in [0.5, 0.6) is 0 Å². The number of hydrogen-bond acceptors (Lipinski definition) is 1. The molecule has 0 saturated heterocycles. The maximum absolute atomic E-state index is 5.28. The van der Waals surface area contributed by atoms with Crippen molar-refractivity contribution in [1.82, 2.24) is 0 Å². The summed E-state index contributed by atoms with van der Waals surface area (Å²) in [4.78, 5) is 0. The van der Waals surface area contributed by atoms with Gasteiger partial charge >= 0.3 is 0 Å². The Kier molecular flexibility index (Phi) is 1.42. The van der Waals surface area contributed by atoms with E-state index in [1.54, 1.807) is 6.26 Å². The molecule has 1 aliphatic carbocycles. The van der Waals surface area contributed by atoms with E-state index in [1.165, 1.54) is 11.1 Å². The van der Waals surface area contributed by atoms with E-state index in [9.17, 15) is 0 Å². The van der Waals surface area contributed by atoms with E-state index in [1.807, 2.05) is 6.07 Å². The molecule has 1 aromatic heterocycles. The van der Waals surface area contributed by atoms with Crippen LogP contribution in [0.15, 0.2) is 28.4 Å². The van der Waals surface area contributed by atoms with Gasteiger partial charge < -0.3 is 4.42 Å². The van der Waals surface area contributed by atoms with Gasteiger partial charge in [-0.1, -0.05) is 17.7 Å². The maximum Gasteiger partial charge on any atom is 0.133 e.